The Morgan fingerprint density at radius 3 is 2.94 bits per heavy atom. The van der Waals surface area contributed by atoms with E-state index in [-0.39, 0.29) is 5.97 Å². The number of aryl methyl sites for hydroxylation is 1. The summed E-state index contributed by atoms with van der Waals surface area (Å²) in [6, 6.07) is 5.48. The molecule has 1 heterocycles. The molecule has 18 heavy (non-hydrogen) atoms. The van der Waals surface area contributed by atoms with Gasteiger partial charge in [-0.25, -0.2) is 9.78 Å². The minimum Gasteiger partial charge on any atom is -0.462 e. The molecule has 0 saturated carbocycles. The summed E-state index contributed by atoms with van der Waals surface area (Å²) in [7, 11) is 0. The average Bonchev–Trinajstić information content (AvgIpc) is 2.79. The number of unbranched alkanes of at least 4 members (excludes halogenated alkanes) is 1. The molecule has 0 aliphatic heterocycles. The predicted molar refractivity (Wildman–Crippen MR) is 70.6 cm³/mol. The number of ether oxygens (including phenoxy) is 1. The van der Waals surface area contributed by atoms with Gasteiger partial charge in [0.15, 0.2) is 0 Å². The van der Waals surface area contributed by atoms with Crippen LogP contribution in [0.4, 0.5) is 0 Å². The maximum Gasteiger partial charge on any atom is 0.338 e. The summed E-state index contributed by atoms with van der Waals surface area (Å²) in [5.41, 5.74) is 2.50. The van der Waals surface area contributed by atoms with E-state index >= 15 is 0 Å². The van der Waals surface area contributed by atoms with E-state index in [1.165, 1.54) is 0 Å². The van der Waals surface area contributed by atoms with Crippen LogP contribution in [0.25, 0.3) is 11.0 Å². The first-order valence-corrected chi connectivity index (χ1v) is 6.38. The van der Waals surface area contributed by atoms with Crippen LogP contribution >= 0.6 is 0 Å². The van der Waals surface area contributed by atoms with Crippen LogP contribution in [-0.2, 0) is 11.3 Å². The van der Waals surface area contributed by atoms with Crippen LogP contribution in [0.3, 0.4) is 0 Å². The molecule has 2 rings (SSSR count). The lowest BCUT2D eigenvalue weighted by atomic mass is 10.2. The molecule has 0 aliphatic carbocycles. The van der Waals surface area contributed by atoms with E-state index in [1.54, 1.807) is 6.07 Å². The molecule has 2 aromatic rings. The Balaban J connectivity index is 2.32. The Labute approximate surface area is 107 Å². The summed E-state index contributed by atoms with van der Waals surface area (Å²) in [6.07, 6.45) is 4.07. The molecule has 0 fully saturated rings. The van der Waals surface area contributed by atoms with Crippen molar-refractivity contribution in [1.82, 2.24) is 9.55 Å². The highest BCUT2D eigenvalue weighted by molar-refractivity contribution is 5.93. The molecule has 96 valence electrons. The molecule has 0 unspecified atom stereocenters. The first kappa shape index (κ1) is 12.6. The molecule has 4 heteroatoms. The second-order valence-corrected chi connectivity index (χ2v) is 4.22. The van der Waals surface area contributed by atoms with Gasteiger partial charge in [0.2, 0.25) is 0 Å². The number of carbonyl (C=O) groups is 1. The van der Waals surface area contributed by atoms with Gasteiger partial charge in [-0.15, -0.1) is 0 Å². The third kappa shape index (κ3) is 2.53. The fourth-order valence-electron chi connectivity index (χ4n) is 1.90. The number of aromatic nitrogens is 2. The standard InChI is InChI=1S/C14H18N2O2/c1-3-5-8-16-10-15-12-7-6-11(9-13(12)16)14(17)18-4-2/h6-7,9-10H,3-5,8H2,1-2H3. The Morgan fingerprint density at radius 1 is 1.39 bits per heavy atom. The number of esters is 1. The van der Waals surface area contributed by atoms with Crippen molar-refractivity contribution < 1.29 is 9.53 Å². The number of hydrogen-bond acceptors (Lipinski definition) is 3. The van der Waals surface area contributed by atoms with E-state index in [0.717, 1.165) is 30.4 Å². The molecule has 1 aromatic carbocycles. The summed E-state index contributed by atoms with van der Waals surface area (Å²) < 4.78 is 7.09. The Bertz CT molecular complexity index is 546. The van der Waals surface area contributed by atoms with E-state index in [9.17, 15) is 4.79 Å². The largest absolute Gasteiger partial charge is 0.462 e. The van der Waals surface area contributed by atoms with Gasteiger partial charge in [-0.1, -0.05) is 13.3 Å². The molecule has 0 amide bonds. The third-order valence-electron chi connectivity index (χ3n) is 2.88. The Kier molecular flexibility index (Phi) is 3.97. The molecule has 4 nitrogen and oxygen atoms in total. The molecule has 1 aromatic heterocycles. The molecule has 0 bridgehead atoms. The van der Waals surface area contributed by atoms with Crippen LogP contribution in [0.1, 0.15) is 37.0 Å². The normalized spacial score (nSPS) is 10.8. The van der Waals surface area contributed by atoms with E-state index in [2.05, 4.69) is 16.5 Å². The van der Waals surface area contributed by atoms with Crippen LogP contribution in [0.2, 0.25) is 0 Å². The van der Waals surface area contributed by atoms with E-state index in [1.807, 2.05) is 25.4 Å². The van der Waals surface area contributed by atoms with Gasteiger partial charge in [-0.2, -0.15) is 0 Å². The lowest BCUT2D eigenvalue weighted by Gasteiger charge is -2.05. The van der Waals surface area contributed by atoms with E-state index in [0.29, 0.717) is 12.2 Å². The number of carbonyl (C=O) groups excluding carboxylic acids is 1. The summed E-state index contributed by atoms with van der Waals surface area (Å²) in [5, 5.41) is 0. The van der Waals surface area contributed by atoms with Crippen molar-refractivity contribution in [1.29, 1.82) is 0 Å². The van der Waals surface area contributed by atoms with Gasteiger partial charge in [-0.05, 0) is 31.5 Å². The third-order valence-corrected chi connectivity index (χ3v) is 2.88. The van der Waals surface area contributed by atoms with Crippen molar-refractivity contribution in [3.63, 3.8) is 0 Å². The van der Waals surface area contributed by atoms with Crippen LogP contribution < -0.4 is 0 Å². The zero-order chi connectivity index (χ0) is 13.0. The molecule has 0 aliphatic rings. The van der Waals surface area contributed by atoms with E-state index < -0.39 is 0 Å². The smallest absolute Gasteiger partial charge is 0.338 e. The van der Waals surface area contributed by atoms with Crippen molar-refractivity contribution >= 4 is 17.0 Å². The summed E-state index contributed by atoms with van der Waals surface area (Å²) >= 11 is 0. The number of rotatable bonds is 5. The van der Waals surface area contributed by atoms with Crippen LogP contribution in [-0.4, -0.2) is 22.1 Å². The highest BCUT2D eigenvalue weighted by atomic mass is 16.5. The van der Waals surface area contributed by atoms with Crippen LogP contribution in [0.15, 0.2) is 24.5 Å². The topological polar surface area (TPSA) is 44.1 Å². The monoisotopic (exact) mass is 246 g/mol. The fraction of sp³-hybridized carbons (Fsp3) is 0.429. The number of nitrogens with zero attached hydrogens (tertiary/aromatic N) is 2. The SMILES string of the molecule is CCCCn1cnc2ccc(C(=O)OCC)cc21. The Hall–Kier alpha value is -1.84. The van der Waals surface area contributed by atoms with Crippen molar-refractivity contribution in [2.45, 2.75) is 33.2 Å². The summed E-state index contributed by atoms with van der Waals surface area (Å²) in [4.78, 5) is 16.0. The van der Waals surface area contributed by atoms with Gasteiger partial charge in [0.1, 0.15) is 0 Å². The van der Waals surface area contributed by atoms with Gasteiger partial charge < -0.3 is 9.30 Å². The van der Waals surface area contributed by atoms with Gasteiger partial charge in [0, 0.05) is 6.54 Å². The highest BCUT2D eigenvalue weighted by Gasteiger charge is 2.09. The van der Waals surface area contributed by atoms with Crippen molar-refractivity contribution in [2.75, 3.05) is 6.61 Å². The summed E-state index contributed by atoms with van der Waals surface area (Å²) in [5.74, 6) is -0.275. The molecular formula is C14H18N2O2. The first-order valence-electron chi connectivity index (χ1n) is 6.38. The molecule has 0 atom stereocenters. The maximum atomic E-state index is 11.7. The highest BCUT2D eigenvalue weighted by Crippen LogP contribution is 2.16. The van der Waals surface area contributed by atoms with Gasteiger partial charge in [-0.3, -0.25) is 0 Å². The zero-order valence-corrected chi connectivity index (χ0v) is 10.8. The first-order chi connectivity index (χ1) is 8.76. The zero-order valence-electron chi connectivity index (χ0n) is 10.8. The molecule has 0 radical (unpaired) electrons. The Morgan fingerprint density at radius 2 is 2.22 bits per heavy atom. The van der Waals surface area contributed by atoms with Crippen molar-refractivity contribution in [3.05, 3.63) is 30.1 Å². The molecular weight excluding hydrogens is 228 g/mol. The lowest BCUT2D eigenvalue weighted by Crippen LogP contribution is -2.05. The molecule has 0 spiro atoms. The number of hydrogen-bond donors (Lipinski definition) is 0. The van der Waals surface area contributed by atoms with Gasteiger partial charge >= 0.3 is 5.97 Å². The predicted octanol–water partition coefficient (Wildman–Crippen LogP) is 3.01. The van der Waals surface area contributed by atoms with Crippen molar-refractivity contribution in [3.8, 4) is 0 Å². The lowest BCUT2D eigenvalue weighted by molar-refractivity contribution is 0.0526. The number of benzene rings is 1. The summed E-state index contributed by atoms with van der Waals surface area (Å²) in [6.45, 7) is 5.29. The second kappa shape index (κ2) is 5.67. The molecule has 0 saturated heterocycles. The maximum absolute atomic E-state index is 11.7. The van der Waals surface area contributed by atoms with Crippen molar-refractivity contribution in [2.24, 2.45) is 0 Å². The fourth-order valence-corrected chi connectivity index (χ4v) is 1.90. The average molecular weight is 246 g/mol. The molecule has 0 N–H and O–H groups in total. The minimum absolute atomic E-state index is 0.275. The quantitative estimate of drug-likeness (QED) is 0.762. The second-order valence-electron chi connectivity index (χ2n) is 4.22. The van der Waals surface area contributed by atoms with Crippen LogP contribution in [0, 0.1) is 0 Å². The number of fused-ring (bicyclic) bond motifs is 1. The van der Waals surface area contributed by atoms with Crippen LogP contribution in [0.5, 0.6) is 0 Å². The van der Waals surface area contributed by atoms with Gasteiger partial charge in [0.25, 0.3) is 0 Å². The minimum atomic E-state index is -0.275. The number of imidazole rings is 1. The van der Waals surface area contributed by atoms with Gasteiger partial charge in [0.05, 0.1) is 29.5 Å². The van der Waals surface area contributed by atoms with E-state index in [4.69, 9.17) is 4.74 Å².